The number of carboxylic acid groups (broad SMARTS) is 1. The molecule has 1 amide bonds. The number of amides is 1. The van der Waals surface area contributed by atoms with E-state index in [0.717, 1.165) is 19.0 Å². The Morgan fingerprint density at radius 3 is 2.78 bits per heavy atom. The number of rotatable bonds is 3. The van der Waals surface area contributed by atoms with Crippen LogP contribution in [0.25, 0.3) is 0 Å². The van der Waals surface area contributed by atoms with E-state index in [0.29, 0.717) is 6.54 Å². The SMILES string of the molecule is O=C(O)c1cc(O)ccc1NC(=O)C1CCNC1. The van der Waals surface area contributed by atoms with Gasteiger partial charge in [-0.25, -0.2) is 4.79 Å². The van der Waals surface area contributed by atoms with Crippen LogP contribution in [0.3, 0.4) is 0 Å². The summed E-state index contributed by atoms with van der Waals surface area (Å²) < 4.78 is 0. The Balaban J connectivity index is 2.17. The smallest absolute Gasteiger partial charge is 0.337 e. The minimum Gasteiger partial charge on any atom is -0.508 e. The molecule has 2 rings (SSSR count). The van der Waals surface area contributed by atoms with E-state index >= 15 is 0 Å². The summed E-state index contributed by atoms with van der Waals surface area (Å²) in [6.45, 7) is 1.39. The fraction of sp³-hybridized carbons (Fsp3) is 0.333. The van der Waals surface area contributed by atoms with E-state index in [9.17, 15) is 14.7 Å². The van der Waals surface area contributed by atoms with Gasteiger partial charge in [0, 0.05) is 6.54 Å². The molecule has 0 aromatic heterocycles. The van der Waals surface area contributed by atoms with Crippen LogP contribution in [-0.4, -0.2) is 35.2 Å². The summed E-state index contributed by atoms with van der Waals surface area (Å²) in [5, 5.41) is 23.9. The van der Waals surface area contributed by atoms with E-state index in [1.165, 1.54) is 12.1 Å². The third-order valence-electron chi connectivity index (χ3n) is 2.92. The van der Waals surface area contributed by atoms with E-state index in [1.54, 1.807) is 0 Å². The molecule has 1 aliphatic heterocycles. The molecule has 1 fully saturated rings. The average Bonchev–Trinajstić information content (AvgIpc) is 2.84. The Bertz CT molecular complexity index is 481. The van der Waals surface area contributed by atoms with Crippen molar-refractivity contribution in [2.45, 2.75) is 6.42 Å². The zero-order valence-corrected chi connectivity index (χ0v) is 9.64. The lowest BCUT2D eigenvalue weighted by molar-refractivity contribution is -0.119. The van der Waals surface area contributed by atoms with Gasteiger partial charge in [-0.05, 0) is 31.2 Å². The summed E-state index contributed by atoms with van der Waals surface area (Å²) in [7, 11) is 0. The molecule has 0 bridgehead atoms. The van der Waals surface area contributed by atoms with Crippen LogP contribution in [0.5, 0.6) is 5.75 Å². The molecule has 1 unspecified atom stereocenters. The maximum absolute atomic E-state index is 11.9. The molecule has 0 radical (unpaired) electrons. The lowest BCUT2D eigenvalue weighted by atomic mass is 10.1. The van der Waals surface area contributed by atoms with Gasteiger partial charge in [-0.1, -0.05) is 0 Å². The molecule has 0 aliphatic carbocycles. The van der Waals surface area contributed by atoms with Gasteiger partial charge in [0.2, 0.25) is 5.91 Å². The number of aromatic hydroxyl groups is 1. The molecule has 18 heavy (non-hydrogen) atoms. The molecule has 0 spiro atoms. The number of carbonyl (C=O) groups excluding carboxylic acids is 1. The van der Waals surface area contributed by atoms with Crippen molar-refractivity contribution in [3.63, 3.8) is 0 Å². The van der Waals surface area contributed by atoms with Crippen molar-refractivity contribution in [2.24, 2.45) is 5.92 Å². The van der Waals surface area contributed by atoms with Gasteiger partial charge < -0.3 is 20.8 Å². The van der Waals surface area contributed by atoms with Gasteiger partial charge in [0.15, 0.2) is 0 Å². The molecular weight excluding hydrogens is 236 g/mol. The lowest BCUT2D eigenvalue weighted by Crippen LogP contribution is -2.25. The third kappa shape index (κ3) is 2.60. The largest absolute Gasteiger partial charge is 0.508 e. The topological polar surface area (TPSA) is 98.7 Å². The molecule has 6 nitrogen and oxygen atoms in total. The molecule has 6 heteroatoms. The predicted octanol–water partition coefficient (Wildman–Crippen LogP) is 0.638. The number of nitrogens with one attached hydrogen (secondary N) is 2. The number of hydrogen-bond donors (Lipinski definition) is 4. The first kappa shape index (κ1) is 12.4. The van der Waals surface area contributed by atoms with Crippen molar-refractivity contribution in [2.75, 3.05) is 18.4 Å². The highest BCUT2D eigenvalue weighted by atomic mass is 16.4. The summed E-state index contributed by atoms with van der Waals surface area (Å²) in [5.41, 5.74) is 0.0894. The number of anilines is 1. The normalized spacial score (nSPS) is 18.6. The van der Waals surface area contributed by atoms with Crippen molar-refractivity contribution < 1.29 is 19.8 Å². The highest BCUT2D eigenvalue weighted by Crippen LogP contribution is 2.22. The zero-order chi connectivity index (χ0) is 13.1. The Kier molecular flexibility index (Phi) is 3.47. The second kappa shape index (κ2) is 5.05. The number of carboxylic acids is 1. The van der Waals surface area contributed by atoms with Crippen LogP contribution in [0.4, 0.5) is 5.69 Å². The summed E-state index contributed by atoms with van der Waals surface area (Å²) in [6.07, 6.45) is 0.742. The van der Waals surface area contributed by atoms with E-state index in [4.69, 9.17) is 5.11 Å². The summed E-state index contributed by atoms with van der Waals surface area (Å²) in [5.74, 6) is -1.67. The monoisotopic (exact) mass is 250 g/mol. The second-order valence-electron chi connectivity index (χ2n) is 4.21. The molecule has 1 atom stereocenters. The highest BCUT2D eigenvalue weighted by Gasteiger charge is 2.23. The van der Waals surface area contributed by atoms with Crippen LogP contribution in [0.2, 0.25) is 0 Å². The highest BCUT2D eigenvalue weighted by molar-refractivity contribution is 6.01. The minimum atomic E-state index is -1.19. The molecule has 1 aliphatic rings. The Morgan fingerprint density at radius 1 is 1.39 bits per heavy atom. The molecular formula is C12H14N2O4. The van der Waals surface area contributed by atoms with Crippen LogP contribution in [0.15, 0.2) is 18.2 Å². The first-order valence-electron chi connectivity index (χ1n) is 5.66. The van der Waals surface area contributed by atoms with Crippen molar-refractivity contribution in [1.29, 1.82) is 0 Å². The fourth-order valence-electron chi connectivity index (χ4n) is 1.93. The minimum absolute atomic E-state index is 0.116. The van der Waals surface area contributed by atoms with Crippen molar-refractivity contribution in [3.05, 3.63) is 23.8 Å². The molecule has 1 saturated heterocycles. The van der Waals surface area contributed by atoms with Gasteiger partial charge in [0.05, 0.1) is 17.2 Å². The Labute approximate surface area is 104 Å². The van der Waals surface area contributed by atoms with Crippen LogP contribution in [-0.2, 0) is 4.79 Å². The summed E-state index contributed by atoms with van der Waals surface area (Å²) in [4.78, 5) is 22.9. The van der Waals surface area contributed by atoms with Crippen molar-refractivity contribution in [1.82, 2.24) is 5.32 Å². The standard InChI is InChI=1S/C12H14N2O4/c15-8-1-2-10(9(5-8)12(17)18)14-11(16)7-3-4-13-6-7/h1-2,5,7,13,15H,3-4,6H2,(H,14,16)(H,17,18). The lowest BCUT2D eigenvalue weighted by Gasteiger charge is -2.12. The number of phenolic OH excluding ortho intramolecular Hbond substituents is 1. The van der Waals surface area contributed by atoms with Gasteiger partial charge in [0.25, 0.3) is 0 Å². The Morgan fingerprint density at radius 2 is 2.17 bits per heavy atom. The second-order valence-corrected chi connectivity index (χ2v) is 4.21. The van der Waals surface area contributed by atoms with Gasteiger partial charge in [-0.3, -0.25) is 4.79 Å². The molecule has 0 saturated carbocycles. The van der Waals surface area contributed by atoms with Crippen molar-refractivity contribution in [3.8, 4) is 5.75 Å². The molecule has 4 N–H and O–H groups in total. The number of hydrogen-bond acceptors (Lipinski definition) is 4. The average molecular weight is 250 g/mol. The van der Waals surface area contributed by atoms with E-state index in [2.05, 4.69) is 10.6 Å². The van der Waals surface area contributed by atoms with Crippen LogP contribution in [0, 0.1) is 5.92 Å². The van der Waals surface area contributed by atoms with Crippen molar-refractivity contribution >= 4 is 17.6 Å². The third-order valence-corrected chi connectivity index (χ3v) is 2.92. The zero-order valence-electron chi connectivity index (χ0n) is 9.64. The first-order valence-corrected chi connectivity index (χ1v) is 5.66. The number of carbonyl (C=O) groups is 2. The first-order chi connectivity index (χ1) is 8.58. The number of benzene rings is 1. The van der Waals surface area contributed by atoms with Gasteiger partial charge in [-0.15, -0.1) is 0 Å². The van der Waals surface area contributed by atoms with Gasteiger partial charge in [0.1, 0.15) is 5.75 Å². The van der Waals surface area contributed by atoms with Crippen LogP contribution in [0.1, 0.15) is 16.8 Å². The number of aromatic carboxylic acids is 1. The van der Waals surface area contributed by atoms with E-state index in [1.807, 2.05) is 0 Å². The fourth-order valence-corrected chi connectivity index (χ4v) is 1.93. The molecule has 1 aromatic rings. The molecule has 96 valence electrons. The Hall–Kier alpha value is -2.08. The van der Waals surface area contributed by atoms with Gasteiger partial charge in [-0.2, -0.15) is 0 Å². The van der Waals surface area contributed by atoms with Crippen LogP contribution >= 0.6 is 0 Å². The molecule has 1 aromatic carbocycles. The maximum atomic E-state index is 11.9. The van der Waals surface area contributed by atoms with Crippen LogP contribution < -0.4 is 10.6 Å². The summed E-state index contributed by atoms with van der Waals surface area (Å²) in [6, 6.07) is 3.85. The maximum Gasteiger partial charge on any atom is 0.337 e. The van der Waals surface area contributed by atoms with E-state index < -0.39 is 5.97 Å². The van der Waals surface area contributed by atoms with E-state index in [-0.39, 0.29) is 28.8 Å². The quantitative estimate of drug-likeness (QED) is 0.590. The summed E-state index contributed by atoms with van der Waals surface area (Å²) >= 11 is 0. The number of phenols is 1. The van der Waals surface area contributed by atoms with Gasteiger partial charge >= 0.3 is 5.97 Å². The molecule has 1 heterocycles. The predicted molar refractivity (Wildman–Crippen MR) is 64.7 cm³/mol.